The molecule has 0 aliphatic carbocycles. The molecule has 1 aromatic heterocycles. The first kappa shape index (κ1) is 48.8. The molecule has 332 valence electrons. The van der Waals surface area contributed by atoms with E-state index in [4.69, 9.17) is 23.7 Å². The highest BCUT2D eigenvalue weighted by atomic mass is 16.6. The molecule has 0 saturated heterocycles. The molecule has 0 fully saturated rings. The molecule has 0 radical (unpaired) electrons. The van der Waals surface area contributed by atoms with Crippen LogP contribution in [0.1, 0.15) is 83.3 Å². The number of carbonyl (C=O) groups excluding carboxylic acids is 2. The van der Waals surface area contributed by atoms with Gasteiger partial charge in [0.1, 0.15) is 18.2 Å². The molecule has 0 saturated carbocycles. The van der Waals surface area contributed by atoms with Crippen molar-refractivity contribution in [2.45, 2.75) is 85.1 Å². The number of carboxylic acids is 1. The quantitative estimate of drug-likeness (QED) is 0.0417. The lowest BCUT2D eigenvalue weighted by Crippen LogP contribution is -2.42. The van der Waals surface area contributed by atoms with E-state index < -0.39 is 17.9 Å². The largest absolute Gasteiger partial charge is 0.491 e. The van der Waals surface area contributed by atoms with E-state index in [0.29, 0.717) is 78.2 Å². The van der Waals surface area contributed by atoms with Gasteiger partial charge >= 0.3 is 5.97 Å². The lowest BCUT2D eigenvalue weighted by molar-refractivity contribution is -0.137. The number of hydrogen-bond donors (Lipinski definition) is 3. The maximum Gasteiger partial charge on any atom is 0.303 e. The van der Waals surface area contributed by atoms with E-state index in [1.165, 1.54) is 0 Å². The summed E-state index contributed by atoms with van der Waals surface area (Å²) in [6.45, 7) is 15.6. The summed E-state index contributed by atoms with van der Waals surface area (Å²) >= 11 is 0. The third-order valence-corrected chi connectivity index (χ3v) is 10.1. The Bertz CT molecular complexity index is 1920. The Kier molecular flexibility index (Phi) is 21.7. The van der Waals surface area contributed by atoms with Gasteiger partial charge in [0.05, 0.1) is 58.7 Å². The molecule has 2 atom stereocenters. The molecule has 3 aromatic carbocycles. The summed E-state index contributed by atoms with van der Waals surface area (Å²) in [5, 5.41) is 18.0. The van der Waals surface area contributed by atoms with Crippen LogP contribution in [0.3, 0.4) is 0 Å². The number of benzene rings is 3. The van der Waals surface area contributed by atoms with Crippen LogP contribution in [0.15, 0.2) is 79.0 Å². The van der Waals surface area contributed by atoms with Gasteiger partial charge in [0.15, 0.2) is 5.78 Å². The van der Waals surface area contributed by atoms with Gasteiger partial charge in [-0.25, -0.2) is 4.98 Å². The normalized spacial score (nSPS) is 12.4. The average Bonchev–Trinajstić information content (AvgIpc) is 3.23. The van der Waals surface area contributed by atoms with Crippen LogP contribution in [0.2, 0.25) is 0 Å². The van der Waals surface area contributed by atoms with E-state index in [0.717, 1.165) is 57.6 Å². The number of amides is 1. The Hall–Kier alpha value is -4.88. The van der Waals surface area contributed by atoms with Gasteiger partial charge in [-0.3, -0.25) is 14.4 Å². The number of aromatic nitrogens is 1. The van der Waals surface area contributed by atoms with Gasteiger partial charge in [-0.2, -0.15) is 0 Å². The molecule has 0 aliphatic heterocycles. The number of carbonyl (C=O) groups is 3. The molecule has 0 bridgehead atoms. The van der Waals surface area contributed by atoms with Gasteiger partial charge in [0, 0.05) is 43.5 Å². The zero-order valence-corrected chi connectivity index (χ0v) is 36.8. The first-order valence-electron chi connectivity index (χ1n) is 21.8. The number of Topliss-reactive ketones (excluding diaryl/α,β-unsaturated/α-hetero) is 1. The molecule has 1 heterocycles. The number of hydrogen-bond acceptors (Lipinski definition) is 10. The van der Waals surface area contributed by atoms with Crippen molar-refractivity contribution in [1.82, 2.24) is 10.3 Å². The molecule has 1 amide bonds. The van der Waals surface area contributed by atoms with Crippen molar-refractivity contribution >= 4 is 34.3 Å². The summed E-state index contributed by atoms with van der Waals surface area (Å²) in [6.07, 6.45) is 3.88. The highest BCUT2D eigenvalue weighted by Crippen LogP contribution is 2.36. The second kappa shape index (κ2) is 27.1. The lowest BCUT2D eigenvalue weighted by atomic mass is 9.86. The molecule has 12 heteroatoms. The molecule has 3 N–H and O–H groups in total. The van der Waals surface area contributed by atoms with E-state index in [2.05, 4.69) is 35.5 Å². The van der Waals surface area contributed by atoms with Crippen LogP contribution >= 0.6 is 0 Å². The first-order chi connectivity index (χ1) is 29.5. The van der Waals surface area contributed by atoms with Crippen LogP contribution in [0.5, 0.6) is 5.75 Å². The molecule has 0 spiro atoms. The smallest absolute Gasteiger partial charge is 0.303 e. The Morgan fingerprint density at radius 3 is 1.98 bits per heavy atom. The molecule has 12 nitrogen and oxygen atoms in total. The topological polar surface area (TPSA) is 155 Å². The monoisotopic (exact) mass is 841 g/mol. The first-order valence-corrected chi connectivity index (χ1v) is 21.8. The van der Waals surface area contributed by atoms with Crippen molar-refractivity contribution in [3.8, 4) is 16.9 Å². The van der Waals surface area contributed by atoms with Crippen molar-refractivity contribution in [2.75, 3.05) is 71.3 Å². The predicted octanol–water partition coefficient (Wildman–Crippen LogP) is 8.64. The van der Waals surface area contributed by atoms with E-state index in [1.54, 1.807) is 6.20 Å². The summed E-state index contributed by atoms with van der Waals surface area (Å²) in [6, 6.07) is 22.9. The van der Waals surface area contributed by atoms with Gasteiger partial charge in [-0.05, 0) is 83.9 Å². The number of nitrogens with zero attached hydrogens (tertiary/aromatic N) is 1. The van der Waals surface area contributed by atoms with Gasteiger partial charge in [-0.15, -0.1) is 0 Å². The van der Waals surface area contributed by atoms with E-state index in [1.807, 2.05) is 87.5 Å². The fourth-order valence-electron chi connectivity index (χ4n) is 6.89. The molecule has 0 aliphatic rings. The number of nitrogens with one attached hydrogen (secondary N) is 2. The number of fused-ring (bicyclic) bond motifs is 1. The van der Waals surface area contributed by atoms with Crippen molar-refractivity contribution in [2.24, 2.45) is 11.8 Å². The average molecular weight is 842 g/mol. The highest BCUT2D eigenvalue weighted by Gasteiger charge is 2.27. The van der Waals surface area contributed by atoms with Crippen LogP contribution in [0.4, 0.5) is 5.82 Å². The Labute approximate surface area is 362 Å². The minimum absolute atomic E-state index is 0.000381. The van der Waals surface area contributed by atoms with Crippen molar-refractivity contribution < 1.29 is 43.2 Å². The number of aryl methyl sites for hydroxylation is 1. The molecule has 0 unspecified atom stereocenters. The summed E-state index contributed by atoms with van der Waals surface area (Å²) in [7, 11) is 0. The number of anilines is 1. The van der Waals surface area contributed by atoms with Crippen LogP contribution in [0.25, 0.3) is 21.9 Å². The van der Waals surface area contributed by atoms with Gasteiger partial charge < -0.3 is 39.4 Å². The molecule has 4 rings (SSSR count). The maximum absolute atomic E-state index is 13.8. The van der Waals surface area contributed by atoms with Gasteiger partial charge in [0.25, 0.3) is 0 Å². The Morgan fingerprint density at radius 1 is 0.721 bits per heavy atom. The zero-order valence-electron chi connectivity index (χ0n) is 36.8. The van der Waals surface area contributed by atoms with E-state index in [9.17, 15) is 19.5 Å². The number of aliphatic carboxylic acids is 1. The number of carboxylic acid groups (broad SMARTS) is 1. The summed E-state index contributed by atoms with van der Waals surface area (Å²) in [4.78, 5) is 43.0. The zero-order chi connectivity index (χ0) is 43.8. The molecule has 61 heavy (non-hydrogen) atoms. The minimum Gasteiger partial charge on any atom is -0.491 e. The second-order valence-electron chi connectivity index (χ2n) is 16.2. The summed E-state index contributed by atoms with van der Waals surface area (Å²) in [5.41, 5.74) is 3.80. The number of pyridine rings is 1. The lowest BCUT2D eigenvalue weighted by Gasteiger charge is -2.23. The highest BCUT2D eigenvalue weighted by molar-refractivity contribution is 6.00. The summed E-state index contributed by atoms with van der Waals surface area (Å²) in [5.74, 6) is 0.375. The second-order valence-corrected chi connectivity index (χ2v) is 16.2. The van der Waals surface area contributed by atoms with E-state index in [-0.39, 0.29) is 36.9 Å². The van der Waals surface area contributed by atoms with Crippen molar-refractivity contribution in [3.63, 3.8) is 0 Å². The molecule has 4 aromatic rings. The van der Waals surface area contributed by atoms with Gasteiger partial charge in [0.2, 0.25) is 5.91 Å². The van der Waals surface area contributed by atoms with Crippen molar-refractivity contribution in [3.05, 3.63) is 90.1 Å². The summed E-state index contributed by atoms with van der Waals surface area (Å²) < 4.78 is 28.5. The number of rotatable bonds is 31. The van der Waals surface area contributed by atoms with E-state index >= 15 is 0 Å². The Balaban J connectivity index is 1.27. The predicted molar refractivity (Wildman–Crippen MR) is 240 cm³/mol. The third-order valence-electron chi connectivity index (χ3n) is 10.1. The molecular formula is C49H67N3O9. The van der Waals surface area contributed by atoms with Crippen LogP contribution in [-0.2, 0) is 33.3 Å². The number of ketones is 1. The number of ether oxygens (including phenoxy) is 5. The Morgan fingerprint density at radius 2 is 1.36 bits per heavy atom. The van der Waals surface area contributed by atoms with Gasteiger partial charge in [-0.1, -0.05) is 82.3 Å². The maximum atomic E-state index is 13.8. The van der Waals surface area contributed by atoms with Crippen LogP contribution in [-0.4, -0.2) is 99.8 Å². The van der Waals surface area contributed by atoms with Crippen LogP contribution < -0.4 is 15.4 Å². The standard InChI is InChI=1S/C49H67N3O9/c1-35(2)19-22-57-23-24-58-25-26-59-27-28-60-29-30-61-46-17-16-41(42-9-6-7-10-43(42)46)39-14-12-38(13-15-39)40(34-49(55)56)33-45(53)44(31-36(3)4)52-48(54)11-8-20-50-47-32-37(5)18-21-51-47/h6-7,9-10,12-18,21,32,35-36,40,44H,8,11,19-20,22-31,33-34H2,1-5H3,(H,50,51)(H,52,54)(H,55,56)/t40-,44-/m0/s1. The fraction of sp³-hybridized carbons (Fsp3) is 0.510. The SMILES string of the molecule is Cc1ccnc(NCCCC(=O)N[C@@H](CC(C)C)C(=O)C[C@@H](CC(=O)O)c2ccc(-c3ccc(OCCOCCOCCOCCOCCC(C)C)c4ccccc34)cc2)c1. The fourth-order valence-corrected chi connectivity index (χ4v) is 6.89. The van der Waals surface area contributed by atoms with Crippen molar-refractivity contribution in [1.29, 1.82) is 0 Å². The van der Waals surface area contributed by atoms with Crippen LogP contribution in [0, 0.1) is 18.8 Å². The molecular weight excluding hydrogens is 775 g/mol. The third kappa shape index (κ3) is 18.3. The minimum atomic E-state index is -0.988.